The van der Waals surface area contributed by atoms with Gasteiger partial charge in [0.05, 0.1) is 35.7 Å². The summed E-state index contributed by atoms with van der Waals surface area (Å²) >= 11 is 0. The van der Waals surface area contributed by atoms with Gasteiger partial charge in [-0.15, -0.1) is 0 Å². The molecule has 33 heavy (non-hydrogen) atoms. The molecule has 0 saturated carbocycles. The van der Waals surface area contributed by atoms with E-state index in [0.29, 0.717) is 39.2 Å². The number of benzene rings is 3. The summed E-state index contributed by atoms with van der Waals surface area (Å²) in [6.07, 6.45) is 1.43. The minimum Gasteiger partial charge on any atom is -0.497 e. The largest absolute Gasteiger partial charge is 0.497 e. The van der Waals surface area contributed by atoms with Crippen molar-refractivity contribution in [1.82, 2.24) is 4.90 Å². The Kier molecular flexibility index (Phi) is 5.14. The van der Waals surface area contributed by atoms with Crippen molar-refractivity contribution in [3.05, 3.63) is 94.3 Å². The molecule has 5 rings (SSSR count). The molecule has 0 spiro atoms. The van der Waals surface area contributed by atoms with Crippen LogP contribution in [-0.4, -0.2) is 37.0 Å². The van der Waals surface area contributed by atoms with E-state index in [0.717, 1.165) is 5.56 Å². The molecule has 7 nitrogen and oxygen atoms in total. The van der Waals surface area contributed by atoms with Crippen LogP contribution < -0.4 is 14.9 Å². The van der Waals surface area contributed by atoms with Gasteiger partial charge < -0.3 is 13.9 Å². The number of ether oxygens (including phenoxy) is 2. The van der Waals surface area contributed by atoms with Gasteiger partial charge in [0.15, 0.2) is 5.43 Å². The molecule has 1 aromatic heterocycles. The molecule has 4 aromatic rings. The lowest BCUT2D eigenvalue weighted by Crippen LogP contribution is -2.33. The van der Waals surface area contributed by atoms with Crippen LogP contribution in [0.5, 0.6) is 11.5 Å². The van der Waals surface area contributed by atoms with Crippen molar-refractivity contribution < 1.29 is 23.5 Å². The van der Waals surface area contributed by atoms with Gasteiger partial charge in [-0.1, -0.05) is 24.3 Å². The Hall–Kier alpha value is -4.39. The summed E-state index contributed by atoms with van der Waals surface area (Å²) in [7, 11) is 1.58. The molecule has 0 unspecified atom stereocenters. The molecule has 0 radical (unpaired) electrons. The normalized spacial score (nSPS) is 12.8. The maximum atomic E-state index is 12.9. The third-order valence-electron chi connectivity index (χ3n) is 5.61. The van der Waals surface area contributed by atoms with Crippen LogP contribution in [0, 0.1) is 0 Å². The van der Waals surface area contributed by atoms with Crippen molar-refractivity contribution >= 4 is 22.8 Å². The van der Waals surface area contributed by atoms with Crippen LogP contribution in [0.25, 0.3) is 22.1 Å². The van der Waals surface area contributed by atoms with Gasteiger partial charge in [-0.3, -0.25) is 19.3 Å². The predicted molar refractivity (Wildman–Crippen MR) is 122 cm³/mol. The van der Waals surface area contributed by atoms with Gasteiger partial charge in [-0.25, -0.2) is 0 Å². The van der Waals surface area contributed by atoms with Crippen molar-refractivity contribution in [2.24, 2.45) is 0 Å². The lowest BCUT2D eigenvalue weighted by atomic mass is 10.1. The van der Waals surface area contributed by atoms with Crippen LogP contribution in [0.4, 0.5) is 0 Å². The first-order valence-electron chi connectivity index (χ1n) is 10.3. The number of hydrogen-bond acceptors (Lipinski definition) is 6. The fraction of sp³-hybridized carbons (Fsp3) is 0.115. The molecular weight excluding hydrogens is 422 g/mol. The molecule has 2 amide bonds. The number of carbonyl (C=O) groups excluding carboxylic acids is 2. The van der Waals surface area contributed by atoms with Crippen molar-refractivity contribution in [1.29, 1.82) is 0 Å². The summed E-state index contributed by atoms with van der Waals surface area (Å²) in [6.45, 7) is 0.232. The third-order valence-corrected chi connectivity index (χ3v) is 5.61. The molecule has 7 heteroatoms. The number of amides is 2. The molecule has 0 fully saturated rings. The average molecular weight is 441 g/mol. The molecule has 2 heterocycles. The first kappa shape index (κ1) is 20.5. The highest BCUT2D eigenvalue weighted by Gasteiger charge is 2.34. The lowest BCUT2D eigenvalue weighted by Gasteiger charge is -2.14. The van der Waals surface area contributed by atoms with Gasteiger partial charge in [-0.2, -0.15) is 0 Å². The van der Waals surface area contributed by atoms with E-state index >= 15 is 0 Å². The number of methoxy groups -OCH3 is 1. The van der Waals surface area contributed by atoms with Crippen LogP contribution in [0.3, 0.4) is 0 Å². The van der Waals surface area contributed by atoms with Gasteiger partial charge >= 0.3 is 0 Å². The summed E-state index contributed by atoms with van der Waals surface area (Å²) in [5.74, 6) is 0.524. The molecule has 0 N–H and O–H groups in total. The second-order valence-corrected chi connectivity index (χ2v) is 7.52. The summed E-state index contributed by atoms with van der Waals surface area (Å²) in [5, 5.41) is 0.427. The predicted octanol–water partition coefficient (Wildman–Crippen LogP) is 4.14. The second-order valence-electron chi connectivity index (χ2n) is 7.52. The number of imide groups is 1. The second kappa shape index (κ2) is 8.27. The van der Waals surface area contributed by atoms with Crippen molar-refractivity contribution in [3.8, 4) is 22.6 Å². The molecule has 164 valence electrons. The van der Waals surface area contributed by atoms with E-state index in [2.05, 4.69) is 0 Å². The molecule has 0 bridgehead atoms. The van der Waals surface area contributed by atoms with Gasteiger partial charge in [0.25, 0.3) is 11.8 Å². The standard InChI is InChI=1S/C26H19NO6/c1-31-17-8-6-16(7-9-17)22-15-33-23-14-18(10-11-21(23)24(22)28)32-13-12-27-25(29)19-4-2-3-5-20(19)26(27)30/h2-11,14-15H,12-13H2,1H3. The van der Waals surface area contributed by atoms with Gasteiger partial charge in [0, 0.05) is 6.07 Å². The average Bonchev–Trinajstić information content (AvgIpc) is 3.09. The lowest BCUT2D eigenvalue weighted by molar-refractivity contribution is 0.0631. The Balaban J connectivity index is 1.31. The fourth-order valence-corrected chi connectivity index (χ4v) is 3.87. The number of nitrogens with zero attached hydrogens (tertiary/aromatic N) is 1. The number of carbonyl (C=O) groups is 2. The molecule has 3 aromatic carbocycles. The highest BCUT2D eigenvalue weighted by atomic mass is 16.5. The minimum absolute atomic E-state index is 0.116. The summed E-state index contributed by atoms with van der Waals surface area (Å²) in [6, 6.07) is 18.8. The van der Waals surface area contributed by atoms with E-state index in [1.807, 2.05) is 0 Å². The minimum atomic E-state index is -0.324. The SMILES string of the molecule is COc1ccc(-c2coc3cc(OCCN4C(=O)c5ccccc5C4=O)ccc3c2=O)cc1. The Labute approximate surface area is 188 Å². The number of rotatable bonds is 6. The zero-order valence-corrected chi connectivity index (χ0v) is 17.7. The summed E-state index contributed by atoms with van der Waals surface area (Å²) in [5.41, 5.74) is 2.22. The molecule has 0 aliphatic carbocycles. The summed E-state index contributed by atoms with van der Waals surface area (Å²) < 4.78 is 16.6. The van der Waals surface area contributed by atoms with Crippen LogP contribution in [0.1, 0.15) is 20.7 Å². The Morgan fingerprint density at radius 1 is 0.818 bits per heavy atom. The van der Waals surface area contributed by atoms with E-state index < -0.39 is 0 Å². The number of hydrogen-bond donors (Lipinski definition) is 0. The van der Waals surface area contributed by atoms with Crippen molar-refractivity contribution in [2.45, 2.75) is 0 Å². The van der Waals surface area contributed by atoms with E-state index in [-0.39, 0.29) is 30.4 Å². The first-order chi connectivity index (χ1) is 16.1. The van der Waals surface area contributed by atoms with Gasteiger partial charge in [-0.05, 0) is 42.0 Å². The molecule has 1 aliphatic rings. The van der Waals surface area contributed by atoms with E-state index in [4.69, 9.17) is 13.9 Å². The Bertz CT molecular complexity index is 1400. The quantitative estimate of drug-likeness (QED) is 0.418. The van der Waals surface area contributed by atoms with E-state index in [1.54, 1.807) is 73.8 Å². The van der Waals surface area contributed by atoms with Crippen molar-refractivity contribution in [2.75, 3.05) is 20.3 Å². The molecule has 1 aliphatic heterocycles. The highest BCUT2D eigenvalue weighted by molar-refractivity contribution is 6.21. The maximum Gasteiger partial charge on any atom is 0.261 e. The molecular formula is C26H19NO6. The monoisotopic (exact) mass is 441 g/mol. The van der Waals surface area contributed by atoms with Crippen LogP contribution >= 0.6 is 0 Å². The van der Waals surface area contributed by atoms with E-state index in [1.165, 1.54) is 11.2 Å². The van der Waals surface area contributed by atoms with Crippen LogP contribution in [0.2, 0.25) is 0 Å². The van der Waals surface area contributed by atoms with E-state index in [9.17, 15) is 14.4 Å². The molecule has 0 atom stereocenters. The highest BCUT2D eigenvalue weighted by Crippen LogP contribution is 2.25. The number of fused-ring (bicyclic) bond motifs is 2. The van der Waals surface area contributed by atoms with Crippen LogP contribution in [0.15, 0.2) is 82.2 Å². The Morgan fingerprint density at radius 3 is 2.15 bits per heavy atom. The Morgan fingerprint density at radius 2 is 1.48 bits per heavy atom. The zero-order chi connectivity index (χ0) is 22.9. The topological polar surface area (TPSA) is 86.1 Å². The van der Waals surface area contributed by atoms with Gasteiger partial charge in [0.1, 0.15) is 30.0 Å². The fourth-order valence-electron chi connectivity index (χ4n) is 3.87. The smallest absolute Gasteiger partial charge is 0.261 e. The third kappa shape index (κ3) is 3.63. The summed E-state index contributed by atoms with van der Waals surface area (Å²) in [4.78, 5) is 39.0. The maximum absolute atomic E-state index is 12.9. The zero-order valence-electron chi connectivity index (χ0n) is 17.7. The van der Waals surface area contributed by atoms with Crippen molar-refractivity contribution in [3.63, 3.8) is 0 Å². The first-order valence-corrected chi connectivity index (χ1v) is 10.3. The molecule has 0 saturated heterocycles. The van der Waals surface area contributed by atoms with Crippen LogP contribution in [-0.2, 0) is 0 Å². The van der Waals surface area contributed by atoms with Gasteiger partial charge in [0.2, 0.25) is 0 Å².